The van der Waals surface area contributed by atoms with Gasteiger partial charge in [-0.25, -0.2) is 4.98 Å². The van der Waals surface area contributed by atoms with Crippen LogP contribution in [0.2, 0.25) is 0 Å². The second kappa shape index (κ2) is 8.98. The summed E-state index contributed by atoms with van der Waals surface area (Å²) in [5, 5.41) is 3.68. The summed E-state index contributed by atoms with van der Waals surface area (Å²) in [5.41, 5.74) is 6.67. The minimum atomic E-state index is -0.106. The molecule has 1 atom stereocenters. The first-order valence-corrected chi connectivity index (χ1v) is 10.8. The van der Waals surface area contributed by atoms with Gasteiger partial charge in [-0.1, -0.05) is 17.4 Å². The molecule has 1 aromatic carbocycles. The minimum Gasteiger partial charge on any atom is -0.486 e. The molecule has 3 heterocycles. The highest BCUT2D eigenvalue weighted by atomic mass is 32.1. The van der Waals surface area contributed by atoms with Gasteiger partial charge in [-0.3, -0.25) is 9.69 Å². The van der Waals surface area contributed by atoms with Crippen LogP contribution in [0.1, 0.15) is 28.2 Å². The highest BCUT2D eigenvalue weighted by Crippen LogP contribution is 2.34. The Morgan fingerprint density at radius 3 is 2.76 bits per heavy atom. The molecule has 1 saturated heterocycles. The van der Waals surface area contributed by atoms with Crippen LogP contribution in [-0.2, 0) is 0 Å². The predicted molar refractivity (Wildman–Crippen MR) is 113 cm³/mol. The molecular weight excluding hydrogens is 390 g/mol. The third-order valence-electron chi connectivity index (χ3n) is 5.33. The lowest BCUT2D eigenvalue weighted by Crippen LogP contribution is -2.47. The zero-order chi connectivity index (χ0) is 20.2. The molecule has 3 N–H and O–H groups in total. The van der Waals surface area contributed by atoms with E-state index in [0.29, 0.717) is 37.2 Å². The number of carbonyl (C=O) groups excluding carboxylic acids is 1. The number of thiazole rings is 1. The van der Waals surface area contributed by atoms with E-state index in [1.54, 1.807) is 6.20 Å². The van der Waals surface area contributed by atoms with E-state index in [2.05, 4.69) is 39.2 Å². The van der Waals surface area contributed by atoms with Crippen molar-refractivity contribution >= 4 is 22.4 Å². The summed E-state index contributed by atoms with van der Waals surface area (Å²) in [5.74, 6) is 1.56. The number of benzene rings is 1. The molecule has 4 rings (SSSR count). The first-order valence-electron chi connectivity index (χ1n) is 9.98. The van der Waals surface area contributed by atoms with Gasteiger partial charge in [-0.15, -0.1) is 0 Å². The second-order valence-electron chi connectivity index (χ2n) is 7.15. The quantitative estimate of drug-likeness (QED) is 0.735. The van der Waals surface area contributed by atoms with Gasteiger partial charge >= 0.3 is 0 Å². The lowest BCUT2D eigenvalue weighted by Gasteiger charge is -2.38. The Labute approximate surface area is 174 Å². The van der Waals surface area contributed by atoms with Crippen LogP contribution in [0, 0.1) is 0 Å². The molecule has 29 heavy (non-hydrogen) atoms. The smallest absolute Gasteiger partial charge is 0.263 e. The predicted octanol–water partition coefficient (Wildman–Crippen LogP) is 1.49. The maximum Gasteiger partial charge on any atom is 0.263 e. The molecule has 1 amide bonds. The van der Waals surface area contributed by atoms with Crippen molar-refractivity contribution in [2.75, 3.05) is 57.4 Å². The van der Waals surface area contributed by atoms with Crippen LogP contribution in [-0.4, -0.2) is 68.3 Å². The van der Waals surface area contributed by atoms with Gasteiger partial charge < -0.3 is 25.4 Å². The van der Waals surface area contributed by atoms with Crippen LogP contribution in [0.3, 0.4) is 0 Å². The molecule has 1 fully saturated rings. The van der Waals surface area contributed by atoms with Crippen LogP contribution in [0.15, 0.2) is 24.4 Å². The van der Waals surface area contributed by atoms with Crippen LogP contribution in [0.5, 0.6) is 11.5 Å². The van der Waals surface area contributed by atoms with Crippen LogP contribution in [0.4, 0.5) is 5.13 Å². The van der Waals surface area contributed by atoms with Crippen LogP contribution in [0.25, 0.3) is 0 Å². The molecule has 0 saturated carbocycles. The van der Waals surface area contributed by atoms with Crippen molar-refractivity contribution in [2.24, 2.45) is 5.73 Å². The Morgan fingerprint density at radius 2 is 2.00 bits per heavy atom. The molecule has 2 aromatic rings. The summed E-state index contributed by atoms with van der Waals surface area (Å²) >= 11 is 1.43. The molecule has 0 unspecified atom stereocenters. The molecular formula is C20H27N5O3S. The number of fused-ring (bicyclic) bond motifs is 1. The molecule has 2 aliphatic heterocycles. The van der Waals surface area contributed by atoms with Crippen LogP contribution < -0.4 is 25.4 Å². The zero-order valence-electron chi connectivity index (χ0n) is 16.6. The van der Waals surface area contributed by atoms with Gasteiger partial charge in [0, 0.05) is 45.3 Å². The van der Waals surface area contributed by atoms with Gasteiger partial charge in [0.05, 0.1) is 6.20 Å². The average Bonchev–Trinajstić information content (AvgIpc) is 3.27. The molecule has 2 aliphatic rings. The number of amides is 1. The summed E-state index contributed by atoms with van der Waals surface area (Å²) in [6, 6.07) is 6.52. The molecule has 0 spiro atoms. The molecule has 156 valence electrons. The topological polar surface area (TPSA) is 93.0 Å². The van der Waals surface area contributed by atoms with Gasteiger partial charge in [0.2, 0.25) is 0 Å². The molecule has 8 nitrogen and oxygen atoms in total. The zero-order valence-corrected chi connectivity index (χ0v) is 17.4. The number of hydrogen-bond acceptors (Lipinski definition) is 8. The fourth-order valence-electron chi connectivity index (χ4n) is 3.62. The normalized spacial score (nSPS) is 17.8. The highest BCUT2D eigenvalue weighted by molar-refractivity contribution is 7.17. The van der Waals surface area contributed by atoms with Gasteiger partial charge in [0.15, 0.2) is 16.6 Å². The Bertz CT molecular complexity index is 850. The van der Waals surface area contributed by atoms with E-state index in [0.717, 1.165) is 42.8 Å². The largest absolute Gasteiger partial charge is 0.486 e. The fourth-order valence-corrected chi connectivity index (χ4v) is 4.50. The van der Waals surface area contributed by atoms with Gasteiger partial charge in [-0.2, -0.15) is 0 Å². The Balaban J connectivity index is 1.34. The van der Waals surface area contributed by atoms with E-state index in [9.17, 15) is 4.79 Å². The van der Waals surface area contributed by atoms with Crippen LogP contribution >= 0.6 is 11.3 Å². The number of nitrogens with zero attached hydrogens (tertiary/aromatic N) is 3. The first-order chi connectivity index (χ1) is 14.2. The van der Waals surface area contributed by atoms with Gasteiger partial charge in [0.1, 0.15) is 18.1 Å². The molecule has 0 aliphatic carbocycles. The number of carbonyl (C=O) groups is 1. The average molecular weight is 418 g/mol. The molecule has 0 radical (unpaired) electrons. The Morgan fingerprint density at radius 1 is 1.24 bits per heavy atom. The number of nitrogens with two attached hydrogens (primary N) is 1. The van der Waals surface area contributed by atoms with Crippen molar-refractivity contribution in [3.63, 3.8) is 0 Å². The fraction of sp³-hybridized carbons (Fsp3) is 0.500. The molecule has 9 heteroatoms. The first kappa shape index (κ1) is 19.9. The second-order valence-corrected chi connectivity index (χ2v) is 8.16. The van der Waals surface area contributed by atoms with E-state index in [1.807, 2.05) is 6.07 Å². The van der Waals surface area contributed by atoms with E-state index in [-0.39, 0.29) is 5.91 Å². The summed E-state index contributed by atoms with van der Waals surface area (Å²) < 4.78 is 11.3. The van der Waals surface area contributed by atoms with E-state index < -0.39 is 0 Å². The number of ether oxygens (including phenoxy) is 2. The minimum absolute atomic E-state index is 0.106. The van der Waals surface area contributed by atoms with Crippen molar-refractivity contribution in [3.8, 4) is 11.5 Å². The summed E-state index contributed by atoms with van der Waals surface area (Å²) in [4.78, 5) is 21.8. The maximum atomic E-state index is 12.1. The third-order valence-corrected chi connectivity index (χ3v) is 6.39. The van der Waals surface area contributed by atoms with E-state index in [1.165, 1.54) is 16.9 Å². The maximum absolute atomic E-state index is 12.1. The number of hydrogen-bond donors (Lipinski definition) is 2. The number of anilines is 1. The third kappa shape index (κ3) is 4.47. The van der Waals surface area contributed by atoms with E-state index in [4.69, 9.17) is 15.2 Å². The molecule has 1 aromatic heterocycles. The lowest BCUT2D eigenvalue weighted by atomic mass is 10.1. The Hall–Kier alpha value is -2.36. The van der Waals surface area contributed by atoms with Crippen molar-refractivity contribution < 1.29 is 14.3 Å². The van der Waals surface area contributed by atoms with Gasteiger partial charge in [0.25, 0.3) is 5.91 Å². The monoisotopic (exact) mass is 417 g/mol. The van der Waals surface area contributed by atoms with Crippen molar-refractivity contribution in [1.82, 2.24) is 15.2 Å². The number of aromatic nitrogens is 1. The van der Waals surface area contributed by atoms with Gasteiger partial charge in [-0.05, 0) is 24.6 Å². The molecule has 0 bridgehead atoms. The van der Waals surface area contributed by atoms with Crippen molar-refractivity contribution in [2.45, 2.75) is 13.0 Å². The summed E-state index contributed by atoms with van der Waals surface area (Å²) in [6.07, 6.45) is 1.65. The highest BCUT2D eigenvalue weighted by Gasteiger charge is 2.25. The standard InChI is InChI=1S/C20H27N5O3S/c1-14(15-2-3-16-17(12-15)28-11-10-27-16)24-6-8-25(9-7-24)20-23-13-18(29-20)19(26)22-5-4-21/h2-3,12-14H,4-11,21H2,1H3,(H,22,26)/t14-/m1/s1. The van der Waals surface area contributed by atoms with E-state index >= 15 is 0 Å². The number of piperazine rings is 1. The summed E-state index contributed by atoms with van der Waals surface area (Å²) in [6.45, 7) is 7.97. The SMILES string of the molecule is C[C@H](c1ccc2c(c1)OCCO2)N1CCN(c2ncc(C(=O)NCCN)s2)CC1. The lowest BCUT2D eigenvalue weighted by molar-refractivity contribution is 0.0958. The Kier molecular flexibility index (Phi) is 6.17. The van der Waals surface area contributed by atoms with Crippen molar-refractivity contribution in [3.05, 3.63) is 34.8 Å². The number of nitrogens with one attached hydrogen (secondary N) is 1. The summed E-state index contributed by atoms with van der Waals surface area (Å²) in [7, 11) is 0. The van der Waals surface area contributed by atoms with Crippen molar-refractivity contribution in [1.29, 1.82) is 0 Å². The number of rotatable bonds is 6.